The predicted molar refractivity (Wildman–Crippen MR) is 61.0 cm³/mol. The molecule has 0 radical (unpaired) electrons. The van der Waals surface area contributed by atoms with Crippen LogP contribution in [0, 0.1) is 0 Å². The van der Waals surface area contributed by atoms with Crippen molar-refractivity contribution in [3.8, 4) is 0 Å². The Morgan fingerprint density at radius 1 is 1.53 bits per heavy atom. The van der Waals surface area contributed by atoms with Crippen LogP contribution in [0.25, 0.3) is 0 Å². The lowest BCUT2D eigenvalue weighted by Crippen LogP contribution is -2.42. The molecular weight excluding hydrogens is 192 g/mol. The van der Waals surface area contributed by atoms with Gasteiger partial charge >= 0.3 is 0 Å². The fourth-order valence-corrected chi connectivity index (χ4v) is 2.06. The van der Waals surface area contributed by atoms with E-state index in [2.05, 4.69) is 17.1 Å². The van der Waals surface area contributed by atoms with Gasteiger partial charge in [0.2, 0.25) is 0 Å². The second-order valence-electron chi connectivity index (χ2n) is 4.05. The number of nitrogens with one attached hydrogen (secondary N) is 1. The topological polar surface area (TPSA) is 44.7 Å². The Kier molecular flexibility index (Phi) is 6.17. The molecular formula is C11H24N2O2. The summed E-state index contributed by atoms with van der Waals surface area (Å²) < 4.78 is 5.21. The van der Waals surface area contributed by atoms with Crippen molar-refractivity contribution in [2.45, 2.75) is 32.4 Å². The van der Waals surface area contributed by atoms with Crippen molar-refractivity contribution in [2.75, 3.05) is 39.4 Å². The fourth-order valence-electron chi connectivity index (χ4n) is 2.06. The predicted octanol–water partition coefficient (Wildman–Crippen LogP) is 0.0676. The molecule has 2 unspecified atom stereocenters. The van der Waals surface area contributed by atoms with Crippen LogP contribution < -0.4 is 5.32 Å². The first-order valence-electron chi connectivity index (χ1n) is 5.98. The van der Waals surface area contributed by atoms with Crippen LogP contribution in [-0.4, -0.2) is 61.5 Å². The average molecular weight is 216 g/mol. The van der Waals surface area contributed by atoms with Crippen LogP contribution >= 0.6 is 0 Å². The maximum Gasteiger partial charge on any atom is 0.0900 e. The molecule has 0 amide bonds. The lowest BCUT2D eigenvalue weighted by Gasteiger charge is -2.28. The van der Waals surface area contributed by atoms with Gasteiger partial charge in [-0.05, 0) is 26.4 Å². The van der Waals surface area contributed by atoms with Crippen molar-refractivity contribution in [3.63, 3.8) is 0 Å². The number of ether oxygens (including phenoxy) is 1. The summed E-state index contributed by atoms with van der Waals surface area (Å²) in [6.07, 6.45) is 0.834. The summed E-state index contributed by atoms with van der Waals surface area (Å²) in [7, 11) is 0. The largest absolute Gasteiger partial charge is 0.389 e. The molecule has 1 rings (SSSR count). The first-order chi connectivity index (χ1) is 7.27. The molecule has 0 aromatic rings. The van der Waals surface area contributed by atoms with E-state index in [1.807, 2.05) is 6.92 Å². The summed E-state index contributed by atoms with van der Waals surface area (Å²) in [5, 5.41) is 13.1. The van der Waals surface area contributed by atoms with Crippen LogP contribution in [0.15, 0.2) is 0 Å². The van der Waals surface area contributed by atoms with E-state index in [1.165, 1.54) is 6.42 Å². The summed E-state index contributed by atoms with van der Waals surface area (Å²) in [6.45, 7) is 9.09. The molecule has 1 heterocycles. The Labute approximate surface area is 92.6 Å². The van der Waals surface area contributed by atoms with Gasteiger partial charge in [-0.3, -0.25) is 4.90 Å². The Bertz CT molecular complexity index is 161. The van der Waals surface area contributed by atoms with Gasteiger partial charge < -0.3 is 15.2 Å². The zero-order chi connectivity index (χ0) is 11.1. The summed E-state index contributed by atoms with van der Waals surface area (Å²) in [5.74, 6) is 0. The van der Waals surface area contributed by atoms with Gasteiger partial charge in [-0.15, -0.1) is 0 Å². The molecule has 0 aromatic carbocycles. The molecule has 1 saturated heterocycles. The number of rotatable bonds is 7. The maximum absolute atomic E-state index is 9.76. The van der Waals surface area contributed by atoms with Crippen LogP contribution in [0.2, 0.25) is 0 Å². The van der Waals surface area contributed by atoms with Crippen molar-refractivity contribution < 1.29 is 9.84 Å². The summed E-state index contributed by atoms with van der Waals surface area (Å²) in [4.78, 5) is 2.34. The molecule has 1 aliphatic rings. The summed E-state index contributed by atoms with van der Waals surface area (Å²) >= 11 is 0. The number of likely N-dealkylation sites (N-methyl/N-ethyl adjacent to an activating group) is 1. The highest BCUT2D eigenvalue weighted by Crippen LogP contribution is 2.08. The van der Waals surface area contributed by atoms with E-state index >= 15 is 0 Å². The number of hydrogen-bond acceptors (Lipinski definition) is 4. The van der Waals surface area contributed by atoms with E-state index in [9.17, 15) is 5.11 Å². The number of aliphatic hydroxyl groups excluding tert-OH is 1. The van der Waals surface area contributed by atoms with E-state index in [1.54, 1.807) is 0 Å². The average Bonchev–Trinajstić information content (AvgIpc) is 2.76. The van der Waals surface area contributed by atoms with E-state index < -0.39 is 0 Å². The van der Waals surface area contributed by atoms with Gasteiger partial charge in [0.25, 0.3) is 0 Å². The second-order valence-corrected chi connectivity index (χ2v) is 4.05. The molecule has 4 nitrogen and oxygen atoms in total. The highest BCUT2D eigenvalue weighted by molar-refractivity contribution is 4.81. The minimum absolute atomic E-state index is 0.356. The van der Waals surface area contributed by atoms with Gasteiger partial charge in [0.15, 0.2) is 0 Å². The molecule has 0 aromatic heterocycles. The van der Waals surface area contributed by atoms with Crippen LogP contribution in [0.5, 0.6) is 0 Å². The van der Waals surface area contributed by atoms with Crippen molar-refractivity contribution in [1.29, 1.82) is 0 Å². The monoisotopic (exact) mass is 216 g/mol. The molecule has 1 fully saturated rings. The van der Waals surface area contributed by atoms with Crippen molar-refractivity contribution in [2.24, 2.45) is 0 Å². The summed E-state index contributed by atoms with van der Waals surface area (Å²) in [5.41, 5.74) is 0. The molecule has 0 saturated carbocycles. The Morgan fingerprint density at radius 3 is 2.87 bits per heavy atom. The lowest BCUT2D eigenvalue weighted by molar-refractivity contribution is 0.0151. The van der Waals surface area contributed by atoms with E-state index in [0.717, 1.165) is 26.2 Å². The third-order valence-electron chi connectivity index (χ3n) is 2.92. The van der Waals surface area contributed by atoms with Crippen LogP contribution in [-0.2, 0) is 4.74 Å². The number of nitrogens with zero attached hydrogens (tertiary/aromatic N) is 1. The molecule has 15 heavy (non-hydrogen) atoms. The Morgan fingerprint density at radius 2 is 2.33 bits per heavy atom. The lowest BCUT2D eigenvalue weighted by atomic mass is 10.2. The highest BCUT2D eigenvalue weighted by atomic mass is 16.5. The van der Waals surface area contributed by atoms with E-state index in [-0.39, 0.29) is 6.10 Å². The molecule has 0 spiro atoms. The molecule has 90 valence electrons. The maximum atomic E-state index is 9.76. The minimum atomic E-state index is -0.356. The first-order valence-corrected chi connectivity index (χ1v) is 5.98. The molecule has 1 aliphatic heterocycles. The molecule has 0 aliphatic carbocycles. The molecule has 2 N–H and O–H groups in total. The molecule has 4 heteroatoms. The Balaban J connectivity index is 2.25. The van der Waals surface area contributed by atoms with Gasteiger partial charge in [-0.2, -0.15) is 0 Å². The smallest absolute Gasteiger partial charge is 0.0900 e. The molecule has 0 bridgehead atoms. The van der Waals surface area contributed by atoms with Crippen LogP contribution in [0.1, 0.15) is 20.3 Å². The van der Waals surface area contributed by atoms with E-state index in [4.69, 9.17) is 4.74 Å². The van der Waals surface area contributed by atoms with Gasteiger partial charge in [-0.1, -0.05) is 6.92 Å². The fraction of sp³-hybridized carbons (Fsp3) is 1.00. The summed E-state index contributed by atoms with van der Waals surface area (Å²) in [6, 6.07) is 0.589. The number of aliphatic hydroxyl groups is 1. The first kappa shape index (κ1) is 12.9. The van der Waals surface area contributed by atoms with Gasteiger partial charge in [0.1, 0.15) is 0 Å². The normalized spacial score (nSPS) is 23.6. The molecule has 2 atom stereocenters. The zero-order valence-corrected chi connectivity index (χ0v) is 9.91. The van der Waals surface area contributed by atoms with Gasteiger partial charge in [-0.25, -0.2) is 0 Å². The van der Waals surface area contributed by atoms with Crippen LogP contribution in [0.4, 0.5) is 0 Å². The SMILES string of the molecule is CCOCC(O)CN(CC)C1CCNC1. The van der Waals surface area contributed by atoms with Crippen molar-refractivity contribution in [3.05, 3.63) is 0 Å². The van der Waals surface area contributed by atoms with Crippen molar-refractivity contribution in [1.82, 2.24) is 10.2 Å². The van der Waals surface area contributed by atoms with Gasteiger partial charge in [0.05, 0.1) is 12.7 Å². The second kappa shape index (κ2) is 7.17. The third-order valence-corrected chi connectivity index (χ3v) is 2.92. The van der Waals surface area contributed by atoms with Gasteiger partial charge in [0, 0.05) is 25.7 Å². The highest BCUT2D eigenvalue weighted by Gasteiger charge is 2.22. The third kappa shape index (κ3) is 4.47. The van der Waals surface area contributed by atoms with E-state index in [0.29, 0.717) is 19.3 Å². The quantitative estimate of drug-likeness (QED) is 0.632. The minimum Gasteiger partial charge on any atom is -0.389 e. The standard InChI is InChI=1S/C11H24N2O2/c1-3-13(10-5-6-12-7-10)8-11(14)9-15-4-2/h10-12,14H,3-9H2,1-2H3. The van der Waals surface area contributed by atoms with Crippen LogP contribution in [0.3, 0.4) is 0 Å². The van der Waals surface area contributed by atoms with Crippen molar-refractivity contribution >= 4 is 0 Å². The number of hydrogen-bond donors (Lipinski definition) is 2. The zero-order valence-electron chi connectivity index (χ0n) is 9.91. The Hall–Kier alpha value is -0.160.